The van der Waals surface area contributed by atoms with Crippen LogP contribution in [-0.2, 0) is 23.7 Å². The summed E-state index contributed by atoms with van der Waals surface area (Å²) in [4.78, 5) is 2.64. The van der Waals surface area contributed by atoms with Crippen LogP contribution in [0.1, 0.15) is 35.7 Å². The summed E-state index contributed by atoms with van der Waals surface area (Å²) in [6.07, 6.45) is 2.38. The van der Waals surface area contributed by atoms with E-state index in [9.17, 15) is 8.42 Å². The average molecular weight is 422 g/mol. The molecular weight excluding hydrogens is 394 g/mol. The molecule has 2 fully saturated rings. The zero-order valence-corrected chi connectivity index (χ0v) is 18.3. The molecule has 0 atom stereocenters. The van der Waals surface area contributed by atoms with Gasteiger partial charge in [0.1, 0.15) is 5.82 Å². The van der Waals surface area contributed by atoms with Crippen LogP contribution in [-0.4, -0.2) is 58.1 Å². The van der Waals surface area contributed by atoms with E-state index in [2.05, 4.69) is 4.90 Å². The number of rotatable bonds is 5. The van der Waals surface area contributed by atoms with Gasteiger partial charge in [-0.25, -0.2) is 13.1 Å². The van der Waals surface area contributed by atoms with E-state index in [0.717, 1.165) is 21.7 Å². The van der Waals surface area contributed by atoms with Crippen molar-refractivity contribution >= 4 is 22.2 Å². The standard InChI is InChI=1S/C19H27N5O2S2/c1-14-4-5-15(2)17(12-14)28(25,26)23-10-8-22(9-11-23)13-24-19(27)21(3)18(20-24)16-6-7-16/h4-5,12,16H,6-11,13H2,1-3H3. The van der Waals surface area contributed by atoms with E-state index in [-0.39, 0.29) is 0 Å². The maximum Gasteiger partial charge on any atom is 0.243 e. The highest BCUT2D eigenvalue weighted by Crippen LogP contribution is 2.38. The Kier molecular flexibility index (Phi) is 5.20. The first-order valence-corrected chi connectivity index (χ1v) is 11.6. The summed E-state index contributed by atoms with van der Waals surface area (Å²) in [6, 6.07) is 5.58. The fourth-order valence-electron chi connectivity index (χ4n) is 3.72. The van der Waals surface area contributed by atoms with Crippen molar-refractivity contribution in [1.82, 2.24) is 23.6 Å². The summed E-state index contributed by atoms with van der Waals surface area (Å²) in [5.74, 6) is 1.62. The predicted molar refractivity (Wildman–Crippen MR) is 110 cm³/mol. The van der Waals surface area contributed by atoms with E-state index in [4.69, 9.17) is 17.3 Å². The van der Waals surface area contributed by atoms with Gasteiger partial charge >= 0.3 is 0 Å². The van der Waals surface area contributed by atoms with Crippen molar-refractivity contribution < 1.29 is 8.42 Å². The van der Waals surface area contributed by atoms with E-state index in [1.807, 2.05) is 42.3 Å². The van der Waals surface area contributed by atoms with Crippen LogP contribution in [0.3, 0.4) is 0 Å². The lowest BCUT2D eigenvalue weighted by atomic mass is 10.2. The number of aromatic nitrogens is 3. The third-order valence-electron chi connectivity index (χ3n) is 5.64. The molecule has 0 amide bonds. The predicted octanol–water partition coefficient (Wildman–Crippen LogP) is 2.41. The molecule has 0 bridgehead atoms. The molecule has 0 spiro atoms. The Morgan fingerprint density at radius 2 is 1.82 bits per heavy atom. The van der Waals surface area contributed by atoms with Gasteiger partial charge in [-0.05, 0) is 56.1 Å². The minimum atomic E-state index is -3.47. The number of hydrogen-bond acceptors (Lipinski definition) is 5. The Hall–Kier alpha value is -1.55. The van der Waals surface area contributed by atoms with Crippen LogP contribution in [0.5, 0.6) is 0 Å². The van der Waals surface area contributed by atoms with E-state index in [1.165, 1.54) is 12.8 Å². The summed E-state index contributed by atoms with van der Waals surface area (Å²) in [6.45, 7) is 6.67. The lowest BCUT2D eigenvalue weighted by molar-refractivity contribution is 0.144. The number of benzene rings is 1. The van der Waals surface area contributed by atoms with Crippen LogP contribution in [0, 0.1) is 18.6 Å². The van der Waals surface area contributed by atoms with Crippen molar-refractivity contribution in [2.45, 2.75) is 44.2 Å². The smallest absolute Gasteiger partial charge is 0.243 e. The van der Waals surface area contributed by atoms with Crippen molar-refractivity contribution in [3.05, 3.63) is 39.9 Å². The largest absolute Gasteiger partial charge is 0.307 e. The minimum absolute atomic E-state index is 0.418. The second-order valence-electron chi connectivity index (χ2n) is 7.91. The van der Waals surface area contributed by atoms with Gasteiger partial charge in [-0.3, -0.25) is 4.90 Å². The molecule has 4 rings (SSSR count). The SMILES string of the molecule is Cc1ccc(C)c(S(=O)(=O)N2CCN(Cn3nc(C4CC4)n(C)c3=S)CC2)c1. The van der Waals surface area contributed by atoms with Crippen molar-refractivity contribution in [3.8, 4) is 0 Å². The Balaban J connectivity index is 1.44. The molecule has 152 valence electrons. The molecule has 1 aliphatic carbocycles. The molecule has 9 heteroatoms. The molecule has 0 radical (unpaired) electrons. The average Bonchev–Trinajstić information content (AvgIpc) is 3.47. The summed E-state index contributed by atoms with van der Waals surface area (Å²) >= 11 is 5.53. The number of aryl methyl sites for hydroxylation is 2. The lowest BCUT2D eigenvalue weighted by Gasteiger charge is -2.34. The third-order valence-corrected chi connectivity index (χ3v) is 8.17. The van der Waals surface area contributed by atoms with E-state index >= 15 is 0 Å². The van der Waals surface area contributed by atoms with Gasteiger partial charge in [0, 0.05) is 39.1 Å². The Morgan fingerprint density at radius 3 is 2.46 bits per heavy atom. The Labute approximate surface area is 171 Å². The molecule has 2 aromatic rings. The van der Waals surface area contributed by atoms with Crippen LogP contribution >= 0.6 is 12.2 Å². The van der Waals surface area contributed by atoms with E-state index < -0.39 is 10.0 Å². The second-order valence-corrected chi connectivity index (χ2v) is 10.2. The van der Waals surface area contributed by atoms with Gasteiger partial charge in [-0.15, -0.1) is 0 Å². The zero-order valence-electron chi connectivity index (χ0n) is 16.6. The highest BCUT2D eigenvalue weighted by molar-refractivity contribution is 7.89. The van der Waals surface area contributed by atoms with Crippen LogP contribution in [0.25, 0.3) is 0 Å². The molecule has 1 aliphatic heterocycles. The third kappa shape index (κ3) is 3.68. The van der Waals surface area contributed by atoms with Crippen molar-refractivity contribution in [1.29, 1.82) is 0 Å². The highest BCUT2D eigenvalue weighted by atomic mass is 32.2. The number of sulfonamides is 1. The van der Waals surface area contributed by atoms with E-state index in [0.29, 0.717) is 43.7 Å². The molecule has 28 heavy (non-hydrogen) atoms. The first kappa shape index (κ1) is 19.8. The van der Waals surface area contributed by atoms with Gasteiger partial charge in [0.2, 0.25) is 10.0 Å². The summed E-state index contributed by atoms with van der Waals surface area (Å²) in [5.41, 5.74) is 1.75. The van der Waals surface area contributed by atoms with Gasteiger partial charge in [0.05, 0.1) is 11.6 Å². The first-order valence-electron chi connectivity index (χ1n) is 9.71. The van der Waals surface area contributed by atoms with Gasteiger partial charge in [0.25, 0.3) is 0 Å². The van der Waals surface area contributed by atoms with Crippen molar-refractivity contribution in [3.63, 3.8) is 0 Å². The van der Waals surface area contributed by atoms with Gasteiger partial charge in [-0.1, -0.05) is 12.1 Å². The van der Waals surface area contributed by atoms with Crippen LogP contribution in [0.4, 0.5) is 0 Å². The van der Waals surface area contributed by atoms with Crippen LogP contribution in [0.2, 0.25) is 0 Å². The topological polar surface area (TPSA) is 63.4 Å². The molecule has 1 aromatic carbocycles. The molecule has 1 saturated heterocycles. The van der Waals surface area contributed by atoms with Crippen LogP contribution < -0.4 is 0 Å². The molecule has 1 aromatic heterocycles. The molecule has 0 unspecified atom stereocenters. The van der Waals surface area contributed by atoms with E-state index in [1.54, 1.807) is 10.4 Å². The van der Waals surface area contributed by atoms with Gasteiger partial charge in [-0.2, -0.15) is 9.40 Å². The normalized spacial score (nSPS) is 19.2. The molecule has 1 saturated carbocycles. The first-order chi connectivity index (χ1) is 13.3. The van der Waals surface area contributed by atoms with Gasteiger partial charge in [0.15, 0.2) is 4.77 Å². The molecular formula is C19H27N5O2S2. The fourth-order valence-corrected chi connectivity index (χ4v) is 5.64. The molecule has 2 aliphatic rings. The summed E-state index contributed by atoms with van der Waals surface area (Å²) < 4.78 is 32.4. The maximum atomic E-state index is 13.1. The minimum Gasteiger partial charge on any atom is -0.307 e. The lowest BCUT2D eigenvalue weighted by Crippen LogP contribution is -2.49. The molecule has 7 nitrogen and oxygen atoms in total. The molecule has 0 N–H and O–H groups in total. The summed E-state index contributed by atoms with van der Waals surface area (Å²) in [7, 11) is -1.49. The quantitative estimate of drug-likeness (QED) is 0.694. The number of nitrogens with zero attached hydrogens (tertiary/aromatic N) is 5. The zero-order chi connectivity index (χ0) is 20.1. The summed E-state index contributed by atoms with van der Waals surface area (Å²) in [5, 5.41) is 4.70. The Morgan fingerprint density at radius 1 is 1.14 bits per heavy atom. The number of piperazine rings is 1. The van der Waals surface area contributed by atoms with Gasteiger partial charge < -0.3 is 4.57 Å². The molecule has 2 heterocycles. The number of hydrogen-bond donors (Lipinski definition) is 0. The second kappa shape index (κ2) is 7.37. The van der Waals surface area contributed by atoms with Crippen molar-refractivity contribution in [2.24, 2.45) is 7.05 Å². The Bertz CT molecular complexity index is 1040. The van der Waals surface area contributed by atoms with Crippen molar-refractivity contribution in [2.75, 3.05) is 26.2 Å². The van der Waals surface area contributed by atoms with Crippen LogP contribution in [0.15, 0.2) is 23.1 Å². The fraction of sp³-hybridized carbons (Fsp3) is 0.579. The monoisotopic (exact) mass is 421 g/mol. The maximum absolute atomic E-state index is 13.1. The highest BCUT2D eigenvalue weighted by Gasteiger charge is 2.31.